The zero-order valence-corrected chi connectivity index (χ0v) is 14.0. The molecule has 2 aromatic rings. The van der Waals surface area contributed by atoms with Crippen molar-refractivity contribution in [2.75, 3.05) is 0 Å². The van der Waals surface area contributed by atoms with Gasteiger partial charge in [-0.05, 0) is 51.0 Å². The maximum absolute atomic E-state index is 10.2. The van der Waals surface area contributed by atoms with Crippen LogP contribution in [0.3, 0.4) is 0 Å². The zero-order valence-electron chi connectivity index (χ0n) is 14.0. The number of benzene rings is 2. The van der Waals surface area contributed by atoms with Gasteiger partial charge < -0.3 is 14.9 Å². The van der Waals surface area contributed by atoms with Crippen LogP contribution in [0.25, 0.3) is 0 Å². The van der Waals surface area contributed by atoms with Gasteiger partial charge >= 0.3 is 0 Å². The molecule has 0 bridgehead atoms. The van der Waals surface area contributed by atoms with Crippen molar-refractivity contribution >= 4 is 0 Å². The average molecular weight is 298 g/mol. The summed E-state index contributed by atoms with van der Waals surface area (Å²) in [6.07, 6.45) is 0. The molecule has 1 aliphatic rings. The quantitative estimate of drug-likeness (QED) is 0.737. The van der Waals surface area contributed by atoms with Crippen LogP contribution in [-0.2, 0) is 5.41 Å². The Morgan fingerprint density at radius 1 is 0.773 bits per heavy atom. The molecule has 0 saturated heterocycles. The fourth-order valence-corrected chi connectivity index (χ4v) is 3.35. The first kappa shape index (κ1) is 14.8. The number of aryl methyl sites for hydroxylation is 2. The van der Waals surface area contributed by atoms with Gasteiger partial charge in [0.25, 0.3) is 0 Å². The van der Waals surface area contributed by atoms with Gasteiger partial charge in [-0.1, -0.05) is 13.8 Å². The summed E-state index contributed by atoms with van der Waals surface area (Å²) < 4.78 is 6.13. The highest BCUT2D eigenvalue weighted by Gasteiger charge is 2.37. The van der Waals surface area contributed by atoms with E-state index in [1.165, 1.54) is 0 Å². The molecular formula is C19H22O3. The van der Waals surface area contributed by atoms with Crippen LogP contribution >= 0.6 is 0 Å². The van der Waals surface area contributed by atoms with Gasteiger partial charge in [-0.25, -0.2) is 0 Å². The Bertz CT molecular complexity index is 736. The highest BCUT2D eigenvalue weighted by molar-refractivity contribution is 5.67. The fourth-order valence-electron chi connectivity index (χ4n) is 3.35. The van der Waals surface area contributed by atoms with E-state index in [-0.39, 0.29) is 16.9 Å². The number of fused-ring (bicyclic) bond motifs is 2. The Kier molecular flexibility index (Phi) is 2.96. The molecular weight excluding hydrogens is 276 g/mol. The minimum absolute atomic E-state index is 0.255. The average Bonchev–Trinajstić information content (AvgIpc) is 2.45. The lowest BCUT2D eigenvalue weighted by Crippen LogP contribution is -2.25. The van der Waals surface area contributed by atoms with Crippen LogP contribution in [0.1, 0.15) is 47.2 Å². The molecule has 3 rings (SSSR count). The first-order chi connectivity index (χ1) is 10.2. The summed E-state index contributed by atoms with van der Waals surface area (Å²) >= 11 is 0. The third-order valence-electron chi connectivity index (χ3n) is 4.90. The molecule has 3 nitrogen and oxygen atoms in total. The molecule has 1 aliphatic heterocycles. The molecule has 0 saturated carbocycles. The minimum Gasteiger partial charge on any atom is -0.507 e. The van der Waals surface area contributed by atoms with Crippen LogP contribution in [0.2, 0.25) is 0 Å². The van der Waals surface area contributed by atoms with E-state index in [9.17, 15) is 10.2 Å². The van der Waals surface area contributed by atoms with E-state index >= 15 is 0 Å². The summed E-state index contributed by atoms with van der Waals surface area (Å²) in [5, 5.41) is 20.4. The first-order valence-electron chi connectivity index (χ1n) is 7.51. The summed E-state index contributed by atoms with van der Waals surface area (Å²) in [7, 11) is 0. The molecule has 2 N–H and O–H groups in total. The van der Waals surface area contributed by atoms with Crippen molar-refractivity contribution in [1.29, 1.82) is 0 Å². The van der Waals surface area contributed by atoms with Crippen molar-refractivity contribution in [3.63, 3.8) is 0 Å². The van der Waals surface area contributed by atoms with Crippen LogP contribution in [0.5, 0.6) is 23.0 Å². The van der Waals surface area contributed by atoms with Crippen LogP contribution in [-0.4, -0.2) is 10.2 Å². The van der Waals surface area contributed by atoms with Gasteiger partial charge in [0.15, 0.2) is 0 Å². The normalized spacial score (nSPS) is 15.0. The zero-order chi connectivity index (χ0) is 16.4. The lowest BCUT2D eigenvalue weighted by molar-refractivity contribution is 0.393. The third-order valence-corrected chi connectivity index (χ3v) is 4.90. The Morgan fingerprint density at radius 3 is 1.50 bits per heavy atom. The SMILES string of the molecule is Cc1cc2c(c(C)c1O)Oc1c(cc(C)c(O)c1C)C2(C)C. The van der Waals surface area contributed by atoms with Crippen molar-refractivity contribution in [2.45, 2.75) is 47.0 Å². The lowest BCUT2D eigenvalue weighted by Gasteiger charge is -2.37. The Balaban J connectivity index is 2.38. The molecule has 0 aliphatic carbocycles. The topological polar surface area (TPSA) is 49.7 Å². The molecule has 116 valence electrons. The van der Waals surface area contributed by atoms with Crippen LogP contribution < -0.4 is 4.74 Å². The second-order valence-corrected chi connectivity index (χ2v) is 6.81. The Hall–Kier alpha value is -2.16. The summed E-state index contributed by atoms with van der Waals surface area (Å²) in [4.78, 5) is 0. The molecule has 0 atom stereocenters. The number of rotatable bonds is 0. The Labute approximate surface area is 131 Å². The van der Waals surface area contributed by atoms with Crippen molar-refractivity contribution in [1.82, 2.24) is 0 Å². The summed E-state index contributed by atoms with van der Waals surface area (Å²) in [6, 6.07) is 4.00. The first-order valence-corrected chi connectivity index (χ1v) is 7.51. The predicted octanol–water partition coefficient (Wildman–Crippen LogP) is 4.76. The number of phenolic OH excluding ortho intramolecular Hbond substituents is 2. The van der Waals surface area contributed by atoms with Gasteiger partial charge in [0.05, 0.1) is 0 Å². The van der Waals surface area contributed by atoms with E-state index in [1.54, 1.807) is 0 Å². The monoisotopic (exact) mass is 298 g/mol. The second kappa shape index (κ2) is 4.42. The van der Waals surface area contributed by atoms with E-state index in [2.05, 4.69) is 13.8 Å². The largest absolute Gasteiger partial charge is 0.507 e. The standard InChI is InChI=1S/C19H22O3/c1-9-7-13-17(11(3)15(9)20)22-18-12(4)16(21)10(2)8-14(18)19(13,5)6/h7-8,20-21H,1-6H3. The number of hydrogen-bond donors (Lipinski definition) is 2. The maximum Gasteiger partial charge on any atom is 0.138 e. The van der Waals surface area contributed by atoms with Gasteiger partial charge in [0.2, 0.25) is 0 Å². The number of hydrogen-bond acceptors (Lipinski definition) is 3. The molecule has 0 fully saturated rings. The van der Waals surface area contributed by atoms with E-state index in [4.69, 9.17) is 4.74 Å². The van der Waals surface area contributed by atoms with Gasteiger partial charge in [-0.3, -0.25) is 0 Å². The number of aromatic hydroxyl groups is 2. The molecule has 2 aromatic carbocycles. The van der Waals surface area contributed by atoms with Gasteiger partial charge in [-0.15, -0.1) is 0 Å². The van der Waals surface area contributed by atoms with Crippen molar-refractivity contribution < 1.29 is 14.9 Å². The van der Waals surface area contributed by atoms with Crippen LogP contribution in [0, 0.1) is 27.7 Å². The van der Waals surface area contributed by atoms with Gasteiger partial charge in [0, 0.05) is 27.7 Å². The van der Waals surface area contributed by atoms with Crippen molar-refractivity contribution in [2.24, 2.45) is 0 Å². The maximum atomic E-state index is 10.2. The molecule has 3 heteroatoms. The molecule has 1 heterocycles. The summed E-state index contributed by atoms with van der Waals surface area (Å²) in [6.45, 7) is 11.8. The minimum atomic E-state index is -0.255. The van der Waals surface area contributed by atoms with Crippen molar-refractivity contribution in [3.8, 4) is 23.0 Å². The highest BCUT2D eigenvalue weighted by atomic mass is 16.5. The van der Waals surface area contributed by atoms with Gasteiger partial charge in [0.1, 0.15) is 23.0 Å². The third kappa shape index (κ3) is 1.75. The van der Waals surface area contributed by atoms with E-state index in [0.29, 0.717) is 11.5 Å². The van der Waals surface area contributed by atoms with Crippen LogP contribution in [0.4, 0.5) is 0 Å². The molecule has 0 aromatic heterocycles. The van der Waals surface area contributed by atoms with E-state index in [1.807, 2.05) is 39.8 Å². The fraction of sp³-hybridized carbons (Fsp3) is 0.368. The number of phenols is 2. The van der Waals surface area contributed by atoms with Crippen molar-refractivity contribution in [3.05, 3.63) is 45.5 Å². The number of ether oxygens (including phenoxy) is 1. The van der Waals surface area contributed by atoms with Crippen LogP contribution in [0.15, 0.2) is 12.1 Å². The molecule has 22 heavy (non-hydrogen) atoms. The molecule has 0 radical (unpaired) electrons. The Morgan fingerprint density at radius 2 is 1.14 bits per heavy atom. The smallest absolute Gasteiger partial charge is 0.138 e. The summed E-state index contributed by atoms with van der Waals surface area (Å²) in [5.74, 6) is 1.94. The highest BCUT2D eigenvalue weighted by Crippen LogP contribution is 2.53. The lowest BCUT2D eigenvalue weighted by atomic mass is 9.73. The van der Waals surface area contributed by atoms with E-state index < -0.39 is 0 Å². The predicted molar refractivity (Wildman–Crippen MR) is 87.4 cm³/mol. The second-order valence-electron chi connectivity index (χ2n) is 6.81. The van der Waals surface area contributed by atoms with E-state index in [0.717, 1.165) is 33.4 Å². The summed E-state index contributed by atoms with van der Waals surface area (Å²) in [5.41, 5.74) is 5.07. The molecule has 0 unspecified atom stereocenters. The molecule has 0 amide bonds. The molecule has 0 spiro atoms. The van der Waals surface area contributed by atoms with Gasteiger partial charge in [-0.2, -0.15) is 0 Å².